The van der Waals surface area contributed by atoms with Gasteiger partial charge in [0.25, 0.3) is 0 Å². The molecule has 3 fully saturated rings. The molecular formula is C32H44N2O5. The predicted octanol–water partition coefficient (Wildman–Crippen LogP) is 2.10. The van der Waals surface area contributed by atoms with Gasteiger partial charge in [-0.2, -0.15) is 0 Å². The molecule has 5 aliphatic rings. The molecule has 0 amide bonds. The molecule has 10 atom stereocenters. The normalized spacial score (nSPS) is 45.0. The van der Waals surface area contributed by atoms with E-state index in [9.17, 15) is 25.2 Å². The maximum absolute atomic E-state index is 14.6. The first-order valence-corrected chi connectivity index (χ1v) is 14.6. The third kappa shape index (κ3) is 3.60. The molecule has 1 saturated heterocycles. The zero-order valence-corrected chi connectivity index (χ0v) is 23.5. The number of carbonyl (C=O) groups excluding carboxylic acids is 1. The minimum Gasteiger partial charge on any atom is -0.392 e. The Morgan fingerprint density at radius 2 is 1.92 bits per heavy atom. The Morgan fingerprint density at radius 1 is 1.21 bits per heavy atom. The van der Waals surface area contributed by atoms with Crippen molar-refractivity contribution >= 4 is 5.78 Å². The van der Waals surface area contributed by atoms with Gasteiger partial charge in [-0.25, -0.2) is 0 Å². The van der Waals surface area contributed by atoms with E-state index in [2.05, 4.69) is 24.5 Å². The second-order valence-corrected chi connectivity index (χ2v) is 13.7. The highest BCUT2D eigenvalue weighted by Crippen LogP contribution is 2.71. The quantitative estimate of drug-likeness (QED) is 0.243. The third-order valence-corrected chi connectivity index (χ3v) is 11.5. The average molecular weight is 537 g/mol. The highest BCUT2D eigenvalue weighted by molar-refractivity contribution is 5.95. The van der Waals surface area contributed by atoms with Gasteiger partial charge in [0.15, 0.2) is 5.78 Å². The van der Waals surface area contributed by atoms with E-state index >= 15 is 0 Å². The summed E-state index contributed by atoms with van der Waals surface area (Å²) in [5.74, 6) is -0.327. The maximum Gasteiger partial charge on any atom is 0.153 e. The molecule has 2 saturated carbocycles. The van der Waals surface area contributed by atoms with Crippen molar-refractivity contribution < 1.29 is 25.2 Å². The molecule has 1 aliphatic heterocycles. The largest absolute Gasteiger partial charge is 0.392 e. The number of hydrogen-bond acceptors (Lipinski definition) is 7. The van der Waals surface area contributed by atoms with E-state index in [1.807, 2.05) is 50.3 Å². The minimum atomic E-state index is -1.95. The van der Waals surface area contributed by atoms with Gasteiger partial charge in [-0.15, -0.1) is 0 Å². The van der Waals surface area contributed by atoms with Crippen molar-refractivity contribution in [3.05, 3.63) is 59.2 Å². The van der Waals surface area contributed by atoms with Crippen molar-refractivity contribution in [1.29, 1.82) is 0 Å². The summed E-state index contributed by atoms with van der Waals surface area (Å²) in [6.07, 6.45) is 4.16. The van der Waals surface area contributed by atoms with E-state index < -0.39 is 47.5 Å². The molecule has 2 bridgehead atoms. The molecule has 0 radical (unpaired) electrons. The number of rotatable bonds is 6. The lowest BCUT2D eigenvalue weighted by atomic mass is 9.58. The number of hydrogen-bond donors (Lipinski definition) is 6. The Labute approximate surface area is 231 Å². The Kier molecular flexibility index (Phi) is 6.35. The number of carbonyl (C=O) groups is 1. The number of fused-ring (bicyclic) bond motifs is 3. The lowest BCUT2D eigenvalue weighted by molar-refractivity contribution is -0.174. The minimum absolute atomic E-state index is 0.0101. The van der Waals surface area contributed by atoms with Crippen molar-refractivity contribution in [2.45, 2.75) is 82.9 Å². The second kappa shape index (κ2) is 9.07. The molecule has 7 heteroatoms. The first kappa shape index (κ1) is 27.3. The highest BCUT2D eigenvalue weighted by atomic mass is 16.4. The number of aliphatic hydroxyl groups excluding tert-OH is 3. The molecule has 7 nitrogen and oxygen atoms in total. The monoisotopic (exact) mass is 536 g/mol. The van der Waals surface area contributed by atoms with E-state index in [-0.39, 0.29) is 28.6 Å². The molecule has 39 heavy (non-hydrogen) atoms. The first-order chi connectivity index (χ1) is 18.4. The van der Waals surface area contributed by atoms with E-state index in [1.54, 1.807) is 6.08 Å². The van der Waals surface area contributed by atoms with Crippen LogP contribution in [0.1, 0.15) is 52.5 Å². The molecule has 0 aromatic heterocycles. The van der Waals surface area contributed by atoms with Gasteiger partial charge in [-0.05, 0) is 73.5 Å². The standard InChI is InChI=1S/C32H44N2O5/c1-18-15-31-19(2)13-23-24(29(23,3)4)22(27(31)37)14-21(17-35)26(36)32(31,39)25(18)34-28(38)30(11-8-12-33-30)16-20-9-6-5-7-10-20/h5-7,9-10,14-15,19,22-26,28,33-36,38-39H,8,11-13,16-17H2,1-4H3/t19-,22+,23-,24+,25+,26-,28?,30-,31+,32-/m1/s1. The van der Waals surface area contributed by atoms with Gasteiger partial charge in [0, 0.05) is 5.92 Å². The van der Waals surface area contributed by atoms with Crippen LogP contribution in [-0.4, -0.2) is 68.9 Å². The number of allylic oxidation sites excluding steroid dienone is 1. The fourth-order valence-corrected chi connectivity index (χ4v) is 9.30. The fourth-order valence-electron chi connectivity index (χ4n) is 9.30. The Bertz CT molecular complexity index is 1200. The molecule has 1 unspecified atom stereocenters. The third-order valence-electron chi connectivity index (χ3n) is 11.5. The first-order valence-electron chi connectivity index (χ1n) is 14.6. The molecule has 1 spiro atoms. The molecular weight excluding hydrogens is 492 g/mol. The maximum atomic E-state index is 14.6. The molecule has 1 aromatic rings. The lowest BCUT2D eigenvalue weighted by Gasteiger charge is -2.50. The summed E-state index contributed by atoms with van der Waals surface area (Å²) in [7, 11) is 0. The zero-order valence-electron chi connectivity index (χ0n) is 23.5. The second-order valence-electron chi connectivity index (χ2n) is 13.7. The highest BCUT2D eigenvalue weighted by Gasteiger charge is 2.75. The van der Waals surface area contributed by atoms with Gasteiger partial charge in [-0.1, -0.05) is 68.8 Å². The molecule has 6 N–H and O–H groups in total. The predicted molar refractivity (Wildman–Crippen MR) is 148 cm³/mol. The van der Waals surface area contributed by atoms with Crippen molar-refractivity contribution in [3.63, 3.8) is 0 Å². The summed E-state index contributed by atoms with van der Waals surface area (Å²) in [6.45, 7) is 8.61. The Morgan fingerprint density at radius 3 is 2.56 bits per heavy atom. The van der Waals surface area contributed by atoms with Crippen LogP contribution >= 0.6 is 0 Å². The van der Waals surface area contributed by atoms with Crippen molar-refractivity contribution in [3.8, 4) is 0 Å². The van der Waals surface area contributed by atoms with Crippen LogP contribution in [0.3, 0.4) is 0 Å². The van der Waals surface area contributed by atoms with E-state index in [1.165, 1.54) is 0 Å². The molecule has 212 valence electrons. The van der Waals surface area contributed by atoms with E-state index in [0.717, 1.165) is 36.9 Å². The van der Waals surface area contributed by atoms with Crippen LogP contribution in [0, 0.1) is 34.5 Å². The van der Waals surface area contributed by atoms with E-state index in [4.69, 9.17) is 0 Å². The number of aliphatic hydroxyl groups is 4. The number of Topliss-reactive ketones (excluding diaryl/α,β-unsaturated/α-hetero) is 1. The van der Waals surface area contributed by atoms with Crippen molar-refractivity contribution in [2.24, 2.45) is 34.5 Å². The summed E-state index contributed by atoms with van der Waals surface area (Å²) in [5, 5.41) is 53.6. The Hall–Kier alpha value is -1.87. The van der Waals surface area contributed by atoms with Gasteiger partial charge in [0.1, 0.15) is 17.9 Å². The number of nitrogens with one attached hydrogen (secondary N) is 2. The topological polar surface area (TPSA) is 122 Å². The van der Waals surface area contributed by atoms with Gasteiger partial charge in [0.05, 0.1) is 23.6 Å². The SMILES string of the molecule is CC1=C[C@]23C(=O)[C@@H](C=C(CO)[C@@H](O)[C@]2(O)[C@H]1NC(O)[C@]1(Cc2ccccc2)CCCN1)[C@H]1[C@@H](C[C@H]3C)C1(C)C. The Balaban J connectivity index is 1.41. The summed E-state index contributed by atoms with van der Waals surface area (Å²) in [5.41, 5.74) is -1.84. The van der Waals surface area contributed by atoms with Crippen LogP contribution in [0.5, 0.6) is 0 Å². The zero-order chi connectivity index (χ0) is 28.0. The molecule has 1 aromatic carbocycles. The molecule has 1 heterocycles. The number of ketones is 1. The smallest absolute Gasteiger partial charge is 0.153 e. The van der Waals surface area contributed by atoms with Gasteiger partial charge in [0.2, 0.25) is 0 Å². The van der Waals surface area contributed by atoms with Crippen LogP contribution in [-0.2, 0) is 11.2 Å². The average Bonchev–Trinajstić information content (AvgIpc) is 3.19. The van der Waals surface area contributed by atoms with Crippen molar-refractivity contribution in [1.82, 2.24) is 10.6 Å². The van der Waals surface area contributed by atoms with Gasteiger partial charge >= 0.3 is 0 Å². The van der Waals surface area contributed by atoms with Crippen molar-refractivity contribution in [2.75, 3.05) is 13.2 Å². The molecule has 6 rings (SSSR count). The number of benzene rings is 1. The van der Waals surface area contributed by atoms with Crippen LogP contribution in [0.15, 0.2) is 53.6 Å². The van der Waals surface area contributed by atoms with Crippen LogP contribution < -0.4 is 10.6 Å². The van der Waals surface area contributed by atoms with Crippen LogP contribution in [0.4, 0.5) is 0 Å². The lowest BCUT2D eigenvalue weighted by Crippen LogP contribution is -2.71. The van der Waals surface area contributed by atoms with Crippen LogP contribution in [0.25, 0.3) is 0 Å². The molecule has 4 aliphatic carbocycles. The summed E-state index contributed by atoms with van der Waals surface area (Å²) in [4.78, 5) is 14.6. The van der Waals surface area contributed by atoms with Crippen LogP contribution in [0.2, 0.25) is 0 Å². The van der Waals surface area contributed by atoms with E-state index in [0.29, 0.717) is 12.3 Å². The van der Waals surface area contributed by atoms with Gasteiger partial charge < -0.3 is 25.7 Å². The summed E-state index contributed by atoms with van der Waals surface area (Å²) in [6, 6.07) is 9.16. The fraction of sp³-hybridized carbons (Fsp3) is 0.656. The summed E-state index contributed by atoms with van der Waals surface area (Å²) < 4.78 is 0. The summed E-state index contributed by atoms with van der Waals surface area (Å²) >= 11 is 0. The van der Waals surface area contributed by atoms with Gasteiger partial charge in [-0.3, -0.25) is 10.1 Å².